The van der Waals surface area contributed by atoms with Crippen molar-refractivity contribution in [3.05, 3.63) is 0 Å². The molecule has 12 fully saturated rings. The van der Waals surface area contributed by atoms with Crippen molar-refractivity contribution in [1.82, 2.24) is 16.0 Å². The van der Waals surface area contributed by atoms with E-state index >= 15 is 0 Å². The Hall–Kier alpha value is -0.200. The van der Waals surface area contributed by atoms with Gasteiger partial charge in [-0.2, -0.15) is 0 Å². The van der Waals surface area contributed by atoms with Crippen molar-refractivity contribution in [3.8, 4) is 0 Å². The molecule has 9 aliphatic carbocycles. The second-order valence-corrected chi connectivity index (χ2v) is 23.6. The van der Waals surface area contributed by atoms with Gasteiger partial charge in [0.1, 0.15) is 0 Å². The van der Waals surface area contributed by atoms with Crippen LogP contribution in [-0.2, 0) is 9.47 Å². The number of hydrogen-bond donors (Lipinski definition) is 3. The number of hydrogen-bond acceptors (Lipinski definition) is 5. The van der Waals surface area contributed by atoms with E-state index in [4.69, 9.17) is 9.47 Å². The maximum absolute atomic E-state index is 7.72. The van der Waals surface area contributed by atoms with Crippen molar-refractivity contribution in [3.63, 3.8) is 0 Å². The van der Waals surface area contributed by atoms with Crippen LogP contribution in [-0.4, -0.2) is 42.9 Å². The molecular formula is C51H83N3O2. The van der Waals surface area contributed by atoms with Crippen molar-refractivity contribution in [2.24, 2.45) is 88.8 Å². The van der Waals surface area contributed by atoms with E-state index in [-0.39, 0.29) is 0 Å². The van der Waals surface area contributed by atoms with E-state index in [2.05, 4.69) is 16.0 Å². The van der Waals surface area contributed by atoms with E-state index < -0.39 is 0 Å². The third-order valence-electron chi connectivity index (χ3n) is 21.3. The standard InChI is InChI=1S/C51H83N3O2/c1-3-12-32-26-36(22-20-30(32)10-1)38-24-25-41(47-42-28-34-14-5-6-15-35(34)29-45(42)56-48(38)47)51-53-49(37-23-21-31-11-2-4-13-33(31)27-37)52-50(54-51)40-17-9-19-44-46(40)39-16-7-8-18-43(39)55-44/h30-54H,1-29H2. The van der Waals surface area contributed by atoms with Crippen molar-refractivity contribution in [1.29, 1.82) is 0 Å². The average molecular weight is 770 g/mol. The molecule has 314 valence electrons. The van der Waals surface area contributed by atoms with Gasteiger partial charge in [0.15, 0.2) is 0 Å². The summed E-state index contributed by atoms with van der Waals surface area (Å²) < 4.78 is 14.7. The Morgan fingerprint density at radius 3 is 1.54 bits per heavy atom. The molecule has 0 aromatic rings. The van der Waals surface area contributed by atoms with Crippen LogP contribution >= 0.6 is 0 Å². The molecule has 5 nitrogen and oxygen atoms in total. The van der Waals surface area contributed by atoms with Crippen LogP contribution in [0.5, 0.6) is 0 Å². The van der Waals surface area contributed by atoms with Gasteiger partial charge in [-0.05, 0) is 179 Å². The van der Waals surface area contributed by atoms with Crippen LogP contribution in [0.2, 0.25) is 0 Å². The highest BCUT2D eigenvalue weighted by Gasteiger charge is 2.60. The molecule has 56 heavy (non-hydrogen) atoms. The second-order valence-electron chi connectivity index (χ2n) is 23.6. The van der Waals surface area contributed by atoms with Gasteiger partial charge >= 0.3 is 0 Å². The molecule has 3 saturated heterocycles. The zero-order valence-corrected chi connectivity index (χ0v) is 35.5. The predicted molar refractivity (Wildman–Crippen MR) is 224 cm³/mol. The summed E-state index contributed by atoms with van der Waals surface area (Å²) in [5, 5.41) is 13.6. The number of nitrogens with one attached hydrogen (secondary N) is 3. The molecule has 9 saturated carbocycles. The summed E-state index contributed by atoms with van der Waals surface area (Å²) in [5.41, 5.74) is 0. The predicted octanol–water partition coefficient (Wildman–Crippen LogP) is 11.0. The zero-order chi connectivity index (χ0) is 36.7. The van der Waals surface area contributed by atoms with Crippen molar-refractivity contribution in [2.75, 3.05) is 0 Å². The molecule has 3 heterocycles. The van der Waals surface area contributed by atoms with E-state index in [1.165, 1.54) is 180 Å². The first-order valence-corrected chi connectivity index (χ1v) is 26.3. The van der Waals surface area contributed by atoms with Crippen LogP contribution < -0.4 is 16.0 Å². The molecule has 5 heteroatoms. The van der Waals surface area contributed by atoms with Crippen molar-refractivity contribution in [2.45, 2.75) is 229 Å². The van der Waals surface area contributed by atoms with E-state index in [0.717, 1.165) is 76.9 Å². The van der Waals surface area contributed by atoms with Crippen molar-refractivity contribution >= 4 is 0 Å². The fraction of sp³-hybridized carbons (Fsp3) is 1.00. The van der Waals surface area contributed by atoms with Gasteiger partial charge in [0.2, 0.25) is 0 Å². The van der Waals surface area contributed by atoms with Crippen LogP contribution in [0.3, 0.4) is 0 Å². The monoisotopic (exact) mass is 770 g/mol. The van der Waals surface area contributed by atoms with E-state index in [1.54, 1.807) is 6.42 Å². The topological polar surface area (TPSA) is 54.5 Å². The molecule has 12 aliphatic rings. The number of rotatable bonds is 4. The van der Waals surface area contributed by atoms with Gasteiger partial charge in [-0.3, -0.25) is 16.0 Å². The molecule has 0 radical (unpaired) electrons. The molecule has 0 aromatic heterocycles. The normalized spacial score (nSPS) is 57.0. The fourth-order valence-electron chi connectivity index (χ4n) is 18.9. The van der Waals surface area contributed by atoms with E-state index in [1.807, 2.05) is 0 Å². The van der Waals surface area contributed by atoms with Crippen LogP contribution in [0.1, 0.15) is 186 Å². The largest absolute Gasteiger partial charge is 0.374 e. The lowest BCUT2D eigenvalue weighted by molar-refractivity contribution is -0.0825. The molecule has 0 bridgehead atoms. The van der Waals surface area contributed by atoms with Crippen molar-refractivity contribution < 1.29 is 9.47 Å². The van der Waals surface area contributed by atoms with Crippen LogP contribution in [0.15, 0.2) is 0 Å². The molecule has 12 rings (SSSR count). The minimum atomic E-state index is 0.425. The average Bonchev–Trinajstić information content (AvgIpc) is 3.83. The molecule has 0 aromatic carbocycles. The third kappa shape index (κ3) is 6.77. The summed E-state index contributed by atoms with van der Waals surface area (Å²) in [7, 11) is 0. The molecule has 3 N–H and O–H groups in total. The van der Waals surface area contributed by atoms with Gasteiger partial charge in [0.25, 0.3) is 0 Å². The maximum Gasteiger partial charge on any atom is 0.0645 e. The summed E-state index contributed by atoms with van der Waals surface area (Å²) in [4.78, 5) is 0. The Bertz CT molecular complexity index is 1360. The molecular weight excluding hydrogens is 687 g/mol. The van der Waals surface area contributed by atoms with Gasteiger partial charge < -0.3 is 9.47 Å². The first-order valence-electron chi connectivity index (χ1n) is 26.3. The lowest BCUT2D eigenvalue weighted by Crippen LogP contribution is -2.74. The highest BCUT2D eigenvalue weighted by atomic mass is 16.5. The first kappa shape index (κ1) is 37.6. The first-order chi connectivity index (χ1) is 27.7. The summed E-state index contributed by atoms with van der Waals surface area (Å²) in [6.07, 6.45) is 45.9. The van der Waals surface area contributed by atoms with Crippen LogP contribution in [0.4, 0.5) is 0 Å². The SMILES string of the molecule is C1CCC2CC(C3NC(C4CCCC5OC6CCCCC6C54)NC(C4CCC(C5CCC6CCCCC6C5)C5OC6CC7CCCCC7CC6C45)N3)CCC2C1. The third-order valence-corrected chi connectivity index (χ3v) is 21.3. The van der Waals surface area contributed by atoms with E-state index in [0.29, 0.717) is 54.7 Å². The number of ether oxygens (including phenoxy) is 2. The van der Waals surface area contributed by atoms with Gasteiger partial charge in [-0.25, -0.2) is 0 Å². The Balaban J connectivity index is 0.854. The zero-order valence-electron chi connectivity index (χ0n) is 35.5. The number of fused-ring (bicyclic) bond motifs is 9. The van der Waals surface area contributed by atoms with Gasteiger partial charge in [-0.15, -0.1) is 0 Å². The fourth-order valence-corrected chi connectivity index (χ4v) is 18.9. The van der Waals surface area contributed by atoms with Crippen LogP contribution in [0.25, 0.3) is 0 Å². The summed E-state index contributed by atoms with van der Waals surface area (Å²) in [5.74, 6) is 13.1. The molecule has 0 spiro atoms. The molecule has 22 unspecified atom stereocenters. The van der Waals surface area contributed by atoms with Gasteiger partial charge in [0, 0.05) is 0 Å². The Labute approximate surface area is 342 Å². The summed E-state index contributed by atoms with van der Waals surface area (Å²) >= 11 is 0. The van der Waals surface area contributed by atoms with E-state index in [9.17, 15) is 0 Å². The van der Waals surface area contributed by atoms with Gasteiger partial charge in [-0.1, -0.05) is 96.3 Å². The smallest absolute Gasteiger partial charge is 0.0645 e. The quantitative estimate of drug-likeness (QED) is 0.266. The lowest BCUT2D eigenvalue weighted by atomic mass is 9.56. The molecule has 22 atom stereocenters. The minimum Gasteiger partial charge on any atom is -0.374 e. The molecule has 3 aliphatic heterocycles. The Morgan fingerprint density at radius 2 is 0.786 bits per heavy atom. The summed E-state index contributed by atoms with van der Waals surface area (Å²) in [6.45, 7) is 0. The van der Waals surface area contributed by atoms with Crippen LogP contribution in [0, 0.1) is 88.8 Å². The minimum absolute atomic E-state index is 0.425. The highest BCUT2D eigenvalue weighted by molar-refractivity contribution is 5.10. The van der Waals surface area contributed by atoms with Gasteiger partial charge in [0.05, 0.1) is 42.9 Å². The summed E-state index contributed by atoms with van der Waals surface area (Å²) in [6, 6.07) is 0. The lowest BCUT2D eigenvalue weighted by Gasteiger charge is -2.55. The Kier molecular flexibility index (Phi) is 10.7. The molecule has 0 amide bonds. The highest BCUT2D eigenvalue weighted by Crippen LogP contribution is 2.60. The second kappa shape index (κ2) is 15.9. The maximum atomic E-state index is 7.72. The Morgan fingerprint density at radius 1 is 0.268 bits per heavy atom.